The molecule has 0 saturated carbocycles. The predicted molar refractivity (Wildman–Crippen MR) is 83.0 cm³/mol. The number of methoxy groups -OCH3 is 1. The summed E-state index contributed by atoms with van der Waals surface area (Å²) < 4.78 is 5.34. The lowest BCUT2D eigenvalue weighted by Gasteiger charge is -2.23. The Morgan fingerprint density at radius 2 is 1.82 bits per heavy atom. The summed E-state index contributed by atoms with van der Waals surface area (Å²) in [7, 11) is 1.60. The summed E-state index contributed by atoms with van der Waals surface area (Å²) in [6.45, 7) is 0.345. The van der Waals surface area contributed by atoms with Gasteiger partial charge in [0.05, 0.1) is 31.5 Å². The molecule has 0 bridgehead atoms. The molecule has 1 heterocycles. The minimum absolute atomic E-state index is 0.0112. The van der Waals surface area contributed by atoms with Crippen molar-refractivity contribution in [1.29, 1.82) is 0 Å². The van der Waals surface area contributed by atoms with E-state index in [1.165, 1.54) is 0 Å². The molecule has 1 aliphatic rings. The molecule has 0 atom stereocenters. The smallest absolute Gasteiger partial charge is 0.253 e. The van der Waals surface area contributed by atoms with Gasteiger partial charge in [0, 0.05) is 5.56 Å². The molecule has 0 aliphatic carbocycles. The number of fused-ring (bicyclic) bond motifs is 1. The fourth-order valence-corrected chi connectivity index (χ4v) is 2.56. The summed E-state index contributed by atoms with van der Waals surface area (Å²) >= 11 is 0. The Bertz CT molecular complexity index is 727. The maximum atomic E-state index is 12.4. The first-order chi connectivity index (χ1) is 10.7. The zero-order valence-corrected chi connectivity index (χ0v) is 12.2. The van der Waals surface area contributed by atoms with Gasteiger partial charge in [0.25, 0.3) is 5.91 Å². The molecule has 2 aromatic rings. The number of hydrogen-bond acceptors (Lipinski definition) is 3. The van der Waals surface area contributed by atoms with Gasteiger partial charge in [-0.1, -0.05) is 30.3 Å². The highest BCUT2D eigenvalue weighted by Crippen LogP contribution is 2.27. The Hall–Kier alpha value is -2.82. The molecule has 0 unspecified atom stereocenters. The van der Waals surface area contributed by atoms with Gasteiger partial charge in [-0.25, -0.2) is 0 Å². The lowest BCUT2D eigenvalue weighted by atomic mass is 10.1. The molecule has 0 aromatic heterocycles. The van der Waals surface area contributed by atoms with Crippen LogP contribution in [0, 0.1) is 0 Å². The van der Waals surface area contributed by atoms with Crippen molar-refractivity contribution in [3.8, 4) is 5.75 Å². The van der Waals surface area contributed by atoms with Gasteiger partial charge in [-0.2, -0.15) is 0 Å². The van der Waals surface area contributed by atoms with E-state index in [-0.39, 0.29) is 18.4 Å². The summed E-state index contributed by atoms with van der Waals surface area (Å²) in [6, 6.07) is 14.7. The van der Waals surface area contributed by atoms with Crippen molar-refractivity contribution in [2.24, 2.45) is 0 Å². The highest BCUT2D eigenvalue weighted by Gasteiger charge is 2.26. The topological polar surface area (TPSA) is 58.6 Å². The Kier molecular flexibility index (Phi) is 3.78. The first-order valence-electron chi connectivity index (χ1n) is 7.00. The fourth-order valence-electron chi connectivity index (χ4n) is 2.56. The van der Waals surface area contributed by atoms with Gasteiger partial charge < -0.3 is 15.0 Å². The van der Waals surface area contributed by atoms with E-state index in [9.17, 15) is 9.59 Å². The predicted octanol–water partition coefficient (Wildman–Crippen LogP) is 1.97. The van der Waals surface area contributed by atoms with E-state index >= 15 is 0 Å². The van der Waals surface area contributed by atoms with Gasteiger partial charge in [0.1, 0.15) is 5.75 Å². The molecular formula is C17H16N2O3. The van der Waals surface area contributed by atoms with Gasteiger partial charge in [0.15, 0.2) is 0 Å². The number of rotatable bonds is 3. The molecule has 22 heavy (non-hydrogen) atoms. The van der Waals surface area contributed by atoms with Crippen LogP contribution in [0.4, 0.5) is 5.69 Å². The van der Waals surface area contributed by atoms with E-state index < -0.39 is 0 Å². The van der Waals surface area contributed by atoms with Crippen molar-refractivity contribution in [2.45, 2.75) is 6.54 Å². The zero-order valence-electron chi connectivity index (χ0n) is 12.2. The molecule has 0 spiro atoms. The van der Waals surface area contributed by atoms with Crippen molar-refractivity contribution in [3.63, 3.8) is 0 Å². The van der Waals surface area contributed by atoms with E-state index in [1.807, 2.05) is 30.3 Å². The minimum Gasteiger partial charge on any atom is -0.496 e. The second-order valence-corrected chi connectivity index (χ2v) is 4.99. The van der Waals surface area contributed by atoms with Crippen LogP contribution in [0.3, 0.4) is 0 Å². The van der Waals surface area contributed by atoms with Crippen LogP contribution in [-0.2, 0) is 11.3 Å². The van der Waals surface area contributed by atoms with E-state index in [0.717, 1.165) is 11.3 Å². The number of nitrogens with one attached hydrogen (secondary N) is 1. The summed E-state index contributed by atoms with van der Waals surface area (Å²) in [5.74, 6) is 0.340. The number of hydrogen-bond donors (Lipinski definition) is 1. The van der Waals surface area contributed by atoms with Crippen LogP contribution >= 0.6 is 0 Å². The van der Waals surface area contributed by atoms with E-state index in [0.29, 0.717) is 17.8 Å². The number of benzene rings is 2. The molecule has 5 nitrogen and oxygen atoms in total. The van der Waals surface area contributed by atoms with Gasteiger partial charge in [-0.3, -0.25) is 9.59 Å². The fraction of sp³-hybridized carbons (Fsp3) is 0.176. The van der Waals surface area contributed by atoms with Crippen LogP contribution in [-0.4, -0.2) is 25.5 Å². The first kappa shape index (κ1) is 14.1. The maximum absolute atomic E-state index is 12.4. The molecule has 1 N–H and O–H groups in total. The highest BCUT2D eigenvalue weighted by atomic mass is 16.5. The van der Waals surface area contributed by atoms with Gasteiger partial charge in [-0.15, -0.1) is 0 Å². The third-order valence-electron chi connectivity index (χ3n) is 3.66. The molecule has 112 valence electrons. The molecule has 5 heteroatoms. The van der Waals surface area contributed by atoms with Crippen LogP contribution in [0.25, 0.3) is 0 Å². The van der Waals surface area contributed by atoms with Crippen LogP contribution in [0.15, 0.2) is 48.5 Å². The summed E-state index contributed by atoms with van der Waals surface area (Å²) in [5, 5.41) is 2.63. The molecule has 2 aromatic carbocycles. The minimum atomic E-state index is -0.230. The average Bonchev–Trinajstić information content (AvgIpc) is 2.68. The zero-order chi connectivity index (χ0) is 15.5. The number of nitrogens with zero attached hydrogens (tertiary/aromatic N) is 1. The van der Waals surface area contributed by atoms with Crippen LogP contribution < -0.4 is 15.0 Å². The normalized spacial score (nSPS) is 14.1. The summed E-state index contributed by atoms with van der Waals surface area (Å²) in [5.41, 5.74) is 2.01. The maximum Gasteiger partial charge on any atom is 0.253 e. The third-order valence-corrected chi connectivity index (χ3v) is 3.66. The summed E-state index contributed by atoms with van der Waals surface area (Å²) in [4.78, 5) is 26.1. The monoisotopic (exact) mass is 296 g/mol. The summed E-state index contributed by atoms with van der Waals surface area (Å²) in [6.07, 6.45) is 0. The molecule has 2 amide bonds. The quantitative estimate of drug-likeness (QED) is 0.942. The lowest BCUT2D eigenvalue weighted by molar-refractivity contribution is -0.117. The molecule has 3 rings (SSSR count). The Balaban J connectivity index is 2.03. The largest absolute Gasteiger partial charge is 0.496 e. The highest BCUT2D eigenvalue weighted by molar-refractivity contribution is 6.09. The SMILES string of the molecule is COc1ccccc1CN1C(=O)CNC(=O)c2ccccc21. The van der Waals surface area contributed by atoms with Crippen molar-refractivity contribution < 1.29 is 14.3 Å². The van der Waals surface area contributed by atoms with Crippen LogP contribution in [0.1, 0.15) is 15.9 Å². The number of carbonyl (C=O) groups excluding carboxylic acids is 2. The number of ether oxygens (including phenoxy) is 1. The average molecular weight is 296 g/mol. The van der Waals surface area contributed by atoms with E-state index in [4.69, 9.17) is 4.74 Å². The van der Waals surface area contributed by atoms with Crippen LogP contribution in [0.5, 0.6) is 5.75 Å². The van der Waals surface area contributed by atoms with Crippen LogP contribution in [0.2, 0.25) is 0 Å². The van der Waals surface area contributed by atoms with Gasteiger partial charge in [-0.05, 0) is 18.2 Å². The Morgan fingerprint density at radius 3 is 2.64 bits per heavy atom. The molecule has 0 saturated heterocycles. The first-order valence-corrected chi connectivity index (χ1v) is 7.00. The van der Waals surface area contributed by atoms with Crippen molar-refractivity contribution >= 4 is 17.5 Å². The van der Waals surface area contributed by atoms with Gasteiger partial charge >= 0.3 is 0 Å². The second kappa shape index (κ2) is 5.89. The number of carbonyl (C=O) groups is 2. The number of anilines is 1. The van der Waals surface area contributed by atoms with Gasteiger partial charge in [0.2, 0.25) is 5.91 Å². The molecular weight excluding hydrogens is 280 g/mol. The Labute approximate surface area is 128 Å². The van der Waals surface area contributed by atoms with Crippen molar-refractivity contribution in [2.75, 3.05) is 18.6 Å². The van der Waals surface area contributed by atoms with Crippen molar-refractivity contribution in [1.82, 2.24) is 5.32 Å². The Morgan fingerprint density at radius 1 is 1.09 bits per heavy atom. The number of amides is 2. The molecule has 0 fully saturated rings. The van der Waals surface area contributed by atoms with Crippen molar-refractivity contribution in [3.05, 3.63) is 59.7 Å². The lowest BCUT2D eigenvalue weighted by Crippen LogP contribution is -2.36. The molecule has 0 radical (unpaired) electrons. The van der Waals surface area contributed by atoms with E-state index in [2.05, 4.69) is 5.32 Å². The van der Waals surface area contributed by atoms with E-state index in [1.54, 1.807) is 30.2 Å². The standard InChI is InChI=1S/C17H16N2O3/c1-22-15-9-5-2-6-12(15)11-19-14-8-4-3-7-13(14)17(21)18-10-16(19)20/h2-9H,10-11H2,1H3,(H,18,21). The second-order valence-electron chi connectivity index (χ2n) is 4.99. The third kappa shape index (κ3) is 2.53. The number of para-hydroxylation sites is 2. The molecule has 1 aliphatic heterocycles.